The van der Waals surface area contributed by atoms with Crippen LogP contribution < -0.4 is 5.32 Å². The molecule has 4 heteroatoms. The number of carbonyl (C=O) groups is 2. The van der Waals surface area contributed by atoms with Crippen molar-refractivity contribution in [2.24, 2.45) is 0 Å². The summed E-state index contributed by atoms with van der Waals surface area (Å²) in [6.07, 6.45) is 10.2. The molecule has 0 unspecified atom stereocenters. The van der Waals surface area contributed by atoms with Crippen molar-refractivity contribution in [3.05, 3.63) is 70.8 Å². The van der Waals surface area contributed by atoms with Gasteiger partial charge in [-0.05, 0) is 67.5 Å². The molecule has 1 aliphatic carbocycles. The van der Waals surface area contributed by atoms with Crippen molar-refractivity contribution in [3.8, 4) is 0 Å². The molecule has 0 radical (unpaired) electrons. The van der Waals surface area contributed by atoms with Crippen LogP contribution in [-0.2, 0) is 6.42 Å². The Morgan fingerprint density at radius 1 is 0.906 bits per heavy atom. The first-order valence-electron chi connectivity index (χ1n) is 12.4. The lowest BCUT2D eigenvalue weighted by Gasteiger charge is -2.33. The second-order valence-corrected chi connectivity index (χ2v) is 9.43. The van der Waals surface area contributed by atoms with Gasteiger partial charge in [0.15, 0.2) is 0 Å². The minimum atomic E-state index is 0.0403. The second kappa shape index (κ2) is 10.8. The van der Waals surface area contributed by atoms with E-state index in [4.69, 9.17) is 0 Å². The molecule has 2 fully saturated rings. The molecule has 2 aromatic carbocycles. The molecule has 4 rings (SSSR count). The summed E-state index contributed by atoms with van der Waals surface area (Å²) in [6, 6.07) is 16.3. The normalized spacial score (nSPS) is 19.9. The monoisotopic (exact) mass is 432 g/mol. The highest BCUT2D eigenvalue weighted by atomic mass is 16.2. The molecule has 2 aliphatic rings. The van der Waals surface area contributed by atoms with Crippen LogP contribution in [0.3, 0.4) is 0 Å². The summed E-state index contributed by atoms with van der Waals surface area (Å²) in [5.74, 6) is 0.423. The van der Waals surface area contributed by atoms with E-state index in [-0.39, 0.29) is 17.7 Å². The van der Waals surface area contributed by atoms with Crippen molar-refractivity contribution in [2.75, 3.05) is 13.1 Å². The van der Waals surface area contributed by atoms with Gasteiger partial charge in [-0.15, -0.1) is 0 Å². The molecule has 4 nitrogen and oxygen atoms in total. The molecular weight excluding hydrogens is 396 g/mol. The number of piperidine rings is 1. The van der Waals surface area contributed by atoms with Gasteiger partial charge in [-0.25, -0.2) is 0 Å². The molecule has 2 aromatic rings. The van der Waals surface area contributed by atoms with Gasteiger partial charge in [-0.3, -0.25) is 9.59 Å². The van der Waals surface area contributed by atoms with E-state index >= 15 is 0 Å². The summed E-state index contributed by atoms with van der Waals surface area (Å²) in [6.45, 7) is 3.63. The lowest BCUT2D eigenvalue weighted by atomic mass is 9.89. The smallest absolute Gasteiger partial charge is 0.253 e. The van der Waals surface area contributed by atoms with Crippen LogP contribution in [0.25, 0.3) is 0 Å². The van der Waals surface area contributed by atoms with Gasteiger partial charge in [0.1, 0.15) is 0 Å². The van der Waals surface area contributed by atoms with E-state index < -0.39 is 0 Å². The second-order valence-electron chi connectivity index (χ2n) is 9.43. The van der Waals surface area contributed by atoms with Gasteiger partial charge in [0.2, 0.25) is 0 Å². The van der Waals surface area contributed by atoms with Gasteiger partial charge in [0.25, 0.3) is 11.8 Å². The lowest BCUT2D eigenvalue weighted by Crippen LogP contribution is -2.39. The van der Waals surface area contributed by atoms with Crippen molar-refractivity contribution >= 4 is 11.8 Å². The molecule has 1 aliphatic heterocycles. The van der Waals surface area contributed by atoms with Crippen molar-refractivity contribution in [3.63, 3.8) is 0 Å². The molecule has 1 N–H and O–H groups in total. The number of likely N-dealkylation sites (tertiary alicyclic amines) is 1. The zero-order valence-corrected chi connectivity index (χ0v) is 19.3. The van der Waals surface area contributed by atoms with Gasteiger partial charge >= 0.3 is 0 Å². The number of aryl methyl sites for hydroxylation is 1. The Balaban J connectivity index is 1.41. The van der Waals surface area contributed by atoms with Crippen LogP contribution >= 0.6 is 0 Å². The van der Waals surface area contributed by atoms with E-state index in [1.165, 1.54) is 31.2 Å². The SMILES string of the molecule is CCc1ccc(C(=O)N2CCC[C@@H](c3cccc(C(=O)NC4CCCCCC4)c3)C2)cc1. The van der Waals surface area contributed by atoms with E-state index in [0.717, 1.165) is 55.3 Å². The van der Waals surface area contributed by atoms with Gasteiger partial charge in [-0.2, -0.15) is 0 Å². The van der Waals surface area contributed by atoms with Crippen LogP contribution in [0, 0.1) is 0 Å². The summed E-state index contributed by atoms with van der Waals surface area (Å²) in [7, 11) is 0. The van der Waals surface area contributed by atoms with Gasteiger partial charge in [0.05, 0.1) is 0 Å². The standard InChI is InChI=1S/C28H36N2O2/c1-2-21-14-16-22(17-15-21)28(32)30-18-8-11-25(20-30)23-9-7-10-24(19-23)27(31)29-26-12-5-3-4-6-13-26/h7,9-10,14-17,19,25-26H,2-6,8,11-13,18,20H2,1H3,(H,29,31)/t25-/m1/s1. The number of hydrogen-bond acceptors (Lipinski definition) is 2. The molecular formula is C28H36N2O2. The predicted octanol–water partition coefficient (Wildman–Crippen LogP) is 5.72. The molecule has 170 valence electrons. The van der Waals surface area contributed by atoms with Crippen molar-refractivity contribution in [2.45, 2.75) is 76.7 Å². The van der Waals surface area contributed by atoms with Crippen LogP contribution in [-0.4, -0.2) is 35.8 Å². The number of nitrogens with zero attached hydrogens (tertiary/aromatic N) is 1. The fraction of sp³-hybridized carbons (Fsp3) is 0.500. The Bertz CT molecular complexity index is 913. The van der Waals surface area contributed by atoms with Crippen LogP contribution in [0.1, 0.15) is 96.1 Å². The largest absolute Gasteiger partial charge is 0.349 e. The molecule has 1 saturated carbocycles. The summed E-state index contributed by atoms with van der Waals surface area (Å²) in [5.41, 5.74) is 3.92. The fourth-order valence-corrected chi connectivity index (χ4v) is 5.13. The van der Waals surface area contributed by atoms with E-state index in [2.05, 4.69) is 18.3 Å². The Morgan fingerprint density at radius 3 is 2.38 bits per heavy atom. The van der Waals surface area contributed by atoms with E-state index in [0.29, 0.717) is 12.6 Å². The minimum absolute atomic E-state index is 0.0403. The van der Waals surface area contributed by atoms with Gasteiger partial charge in [0, 0.05) is 36.2 Å². The molecule has 0 bridgehead atoms. The lowest BCUT2D eigenvalue weighted by molar-refractivity contribution is 0.0706. The van der Waals surface area contributed by atoms with Crippen molar-refractivity contribution < 1.29 is 9.59 Å². The molecule has 1 atom stereocenters. The van der Waals surface area contributed by atoms with Gasteiger partial charge in [-0.1, -0.05) is 56.9 Å². The molecule has 1 heterocycles. The Kier molecular flexibility index (Phi) is 7.62. The quantitative estimate of drug-likeness (QED) is 0.614. The van der Waals surface area contributed by atoms with E-state index in [1.54, 1.807) is 0 Å². The Morgan fingerprint density at radius 2 is 1.66 bits per heavy atom. The van der Waals surface area contributed by atoms with Crippen LogP contribution in [0.15, 0.2) is 48.5 Å². The molecule has 0 aromatic heterocycles. The first-order valence-corrected chi connectivity index (χ1v) is 12.4. The van der Waals surface area contributed by atoms with E-state index in [1.807, 2.05) is 47.4 Å². The third-order valence-corrected chi connectivity index (χ3v) is 7.13. The zero-order chi connectivity index (χ0) is 22.3. The minimum Gasteiger partial charge on any atom is -0.349 e. The number of rotatable bonds is 5. The fourth-order valence-electron chi connectivity index (χ4n) is 5.13. The third-order valence-electron chi connectivity index (χ3n) is 7.13. The molecule has 0 spiro atoms. The maximum Gasteiger partial charge on any atom is 0.253 e. The predicted molar refractivity (Wildman–Crippen MR) is 129 cm³/mol. The number of benzene rings is 2. The first-order chi connectivity index (χ1) is 15.6. The van der Waals surface area contributed by atoms with Gasteiger partial charge < -0.3 is 10.2 Å². The summed E-state index contributed by atoms with van der Waals surface area (Å²) < 4.78 is 0. The highest BCUT2D eigenvalue weighted by molar-refractivity contribution is 5.95. The number of nitrogens with one attached hydrogen (secondary N) is 1. The first kappa shape index (κ1) is 22.6. The summed E-state index contributed by atoms with van der Waals surface area (Å²) in [5, 5.41) is 3.26. The van der Waals surface area contributed by atoms with Crippen molar-refractivity contribution in [1.82, 2.24) is 10.2 Å². The third kappa shape index (κ3) is 5.59. The maximum atomic E-state index is 13.1. The summed E-state index contributed by atoms with van der Waals surface area (Å²) in [4.78, 5) is 27.9. The number of hydrogen-bond donors (Lipinski definition) is 1. The highest BCUT2D eigenvalue weighted by Gasteiger charge is 2.26. The van der Waals surface area contributed by atoms with E-state index in [9.17, 15) is 9.59 Å². The van der Waals surface area contributed by atoms with Crippen molar-refractivity contribution in [1.29, 1.82) is 0 Å². The number of carbonyl (C=O) groups excluding carboxylic acids is 2. The van der Waals surface area contributed by atoms with Crippen LogP contribution in [0.5, 0.6) is 0 Å². The molecule has 2 amide bonds. The van der Waals surface area contributed by atoms with Crippen LogP contribution in [0.2, 0.25) is 0 Å². The van der Waals surface area contributed by atoms with Crippen LogP contribution in [0.4, 0.5) is 0 Å². The average molecular weight is 433 g/mol. The topological polar surface area (TPSA) is 49.4 Å². The average Bonchev–Trinajstić information content (AvgIpc) is 3.12. The molecule has 32 heavy (non-hydrogen) atoms. The molecule has 1 saturated heterocycles. The maximum absolute atomic E-state index is 13.1. The summed E-state index contributed by atoms with van der Waals surface area (Å²) >= 11 is 0. The highest BCUT2D eigenvalue weighted by Crippen LogP contribution is 2.28. The Labute approximate surface area is 192 Å². The zero-order valence-electron chi connectivity index (χ0n) is 19.3. The number of amides is 2. The Hall–Kier alpha value is -2.62.